The van der Waals surface area contributed by atoms with Gasteiger partial charge >= 0.3 is 0 Å². The van der Waals surface area contributed by atoms with Crippen molar-refractivity contribution in [1.29, 1.82) is 0 Å². The molecule has 1 aliphatic heterocycles. The maximum absolute atomic E-state index is 5.94. The zero-order valence-electron chi connectivity index (χ0n) is 9.07. The molecule has 0 radical (unpaired) electrons. The van der Waals surface area contributed by atoms with Crippen molar-refractivity contribution >= 4 is 34.2 Å². The van der Waals surface area contributed by atoms with E-state index in [-0.39, 0.29) is 6.23 Å². The number of halogens is 2. The number of nitrogens with zero attached hydrogens (tertiary/aromatic N) is 3. The van der Waals surface area contributed by atoms with Gasteiger partial charge in [0.05, 0.1) is 10.0 Å². The molecule has 1 atom stereocenters. The lowest BCUT2D eigenvalue weighted by molar-refractivity contribution is -0.0474. The lowest BCUT2D eigenvalue weighted by Crippen LogP contribution is -2.20. The molecule has 1 aliphatic rings. The summed E-state index contributed by atoms with van der Waals surface area (Å²) in [5.41, 5.74) is 1.49. The van der Waals surface area contributed by atoms with E-state index in [0.717, 1.165) is 36.9 Å². The van der Waals surface area contributed by atoms with Crippen LogP contribution in [0.3, 0.4) is 0 Å². The Bertz CT molecular complexity index is 510. The highest BCUT2D eigenvalue weighted by Crippen LogP contribution is 2.27. The second-order valence-electron chi connectivity index (χ2n) is 4.10. The molecule has 1 saturated heterocycles. The fourth-order valence-electron chi connectivity index (χ4n) is 1.96. The van der Waals surface area contributed by atoms with Gasteiger partial charge in [0.25, 0.3) is 0 Å². The molecule has 2 aromatic rings. The molecule has 90 valence electrons. The van der Waals surface area contributed by atoms with Gasteiger partial charge in [-0.2, -0.15) is 15.0 Å². The number of hydrogen-bond acceptors (Lipinski definition) is 3. The highest BCUT2D eigenvalue weighted by atomic mass is 35.5. The van der Waals surface area contributed by atoms with Crippen LogP contribution < -0.4 is 0 Å². The van der Waals surface area contributed by atoms with Crippen LogP contribution in [0, 0.1) is 0 Å². The van der Waals surface area contributed by atoms with Crippen molar-refractivity contribution in [2.45, 2.75) is 25.5 Å². The van der Waals surface area contributed by atoms with E-state index in [9.17, 15) is 0 Å². The second-order valence-corrected chi connectivity index (χ2v) is 4.91. The summed E-state index contributed by atoms with van der Waals surface area (Å²) in [5, 5.41) is 9.74. The van der Waals surface area contributed by atoms with Crippen LogP contribution in [0.25, 0.3) is 11.0 Å². The van der Waals surface area contributed by atoms with Gasteiger partial charge in [-0.25, -0.2) is 0 Å². The average molecular weight is 272 g/mol. The van der Waals surface area contributed by atoms with Crippen molar-refractivity contribution in [3.63, 3.8) is 0 Å². The van der Waals surface area contributed by atoms with E-state index >= 15 is 0 Å². The first-order valence-corrected chi connectivity index (χ1v) is 6.33. The first kappa shape index (κ1) is 11.3. The summed E-state index contributed by atoms with van der Waals surface area (Å²) in [5.74, 6) is 0. The molecule has 4 nitrogen and oxygen atoms in total. The Morgan fingerprint density at radius 1 is 1.12 bits per heavy atom. The number of fused-ring (bicyclic) bond motifs is 1. The van der Waals surface area contributed by atoms with Gasteiger partial charge in [0, 0.05) is 6.61 Å². The molecule has 1 unspecified atom stereocenters. The van der Waals surface area contributed by atoms with Crippen LogP contribution in [0.15, 0.2) is 12.1 Å². The number of rotatable bonds is 1. The van der Waals surface area contributed by atoms with Crippen LogP contribution in [0.5, 0.6) is 0 Å². The van der Waals surface area contributed by atoms with Gasteiger partial charge in [-0.3, -0.25) is 0 Å². The summed E-state index contributed by atoms with van der Waals surface area (Å²) >= 11 is 11.9. The topological polar surface area (TPSA) is 39.9 Å². The first-order chi connectivity index (χ1) is 8.24. The van der Waals surface area contributed by atoms with E-state index in [4.69, 9.17) is 27.9 Å². The lowest BCUT2D eigenvalue weighted by Gasteiger charge is -2.21. The number of aromatic nitrogens is 3. The van der Waals surface area contributed by atoms with E-state index in [2.05, 4.69) is 10.2 Å². The van der Waals surface area contributed by atoms with Crippen LogP contribution in [0.2, 0.25) is 10.0 Å². The van der Waals surface area contributed by atoms with Gasteiger partial charge in [-0.15, -0.1) is 0 Å². The Kier molecular flexibility index (Phi) is 2.94. The van der Waals surface area contributed by atoms with Crippen LogP contribution in [0.4, 0.5) is 0 Å². The van der Waals surface area contributed by atoms with E-state index in [1.807, 2.05) is 0 Å². The minimum atomic E-state index is -0.0614. The van der Waals surface area contributed by atoms with Crippen LogP contribution >= 0.6 is 23.2 Å². The highest BCUT2D eigenvalue weighted by Gasteiger charge is 2.18. The van der Waals surface area contributed by atoms with Gasteiger partial charge in [0.1, 0.15) is 11.0 Å². The SMILES string of the molecule is Clc1cc2nn(C3CCCCO3)nc2cc1Cl. The van der Waals surface area contributed by atoms with Gasteiger partial charge in [-0.05, 0) is 31.4 Å². The maximum atomic E-state index is 5.94. The Balaban J connectivity index is 2.00. The van der Waals surface area contributed by atoms with E-state index in [1.54, 1.807) is 16.9 Å². The fourth-order valence-corrected chi connectivity index (χ4v) is 2.28. The molecule has 0 aliphatic carbocycles. The number of hydrogen-bond donors (Lipinski definition) is 0. The molecular formula is C11H11Cl2N3O. The molecule has 1 aromatic heterocycles. The fraction of sp³-hybridized carbons (Fsp3) is 0.455. The summed E-state index contributed by atoms with van der Waals surface area (Å²) in [6.07, 6.45) is 3.13. The van der Waals surface area contributed by atoms with Crippen LogP contribution in [-0.2, 0) is 4.74 Å². The monoisotopic (exact) mass is 271 g/mol. The van der Waals surface area contributed by atoms with Crippen molar-refractivity contribution in [2.24, 2.45) is 0 Å². The van der Waals surface area contributed by atoms with Crippen molar-refractivity contribution in [3.8, 4) is 0 Å². The van der Waals surface area contributed by atoms with E-state index < -0.39 is 0 Å². The van der Waals surface area contributed by atoms with Gasteiger partial charge in [0.2, 0.25) is 0 Å². The Hall–Kier alpha value is -0.840. The predicted octanol–water partition coefficient (Wildman–Crippen LogP) is 3.44. The van der Waals surface area contributed by atoms with Crippen molar-refractivity contribution < 1.29 is 4.74 Å². The Labute approximate surface area is 108 Å². The smallest absolute Gasteiger partial charge is 0.169 e. The molecule has 2 heterocycles. The molecule has 1 fully saturated rings. The Morgan fingerprint density at radius 3 is 2.29 bits per heavy atom. The molecular weight excluding hydrogens is 261 g/mol. The Morgan fingerprint density at radius 2 is 1.76 bits per heavy atom. The second kappa shape index (κ2) is 4.44. The third kappa shape index (κ3) is 2.12. The van der Waals surface area contributed by atoms with Gasteiger partial charge in [-0.1, -0.05) is 23.2 Å². The minimum Gasteiger partial charge on any atom is -0.355 e. The zero-order valence-corrected chi connectivity index (χ0v) is 10.6. The molecule has 3 rings (SSSR count). The molecule has 17 heavy (non-hydrogen) atoms. The molecule has 0 amide bonds. The summed E-state index contributed by atoms with van der Waals surface area (Å²) in [6, 6.07) is 3.46. The van der Waals surface area contributed by atoms with E-state index in [0.29, 0.717) is 10.0 Å². The lowest BCUT2D eigenvalue weighted by atomic mass is 10.2. The van der Waals surface area contributed by atoms with Crippen molar-refractivity contribution in [1.82, 2.24) is 15.0 Å². The average Bonchev–Trinajstić information content (AvgIpc) is 2.74. The number of benzene rings is 1. The van der Waals surface area contributed by atoms with Gasteiger partial charge < -0.3 is 4.74 Å². The van der Waals surface area contributed by atoms with Crippen molar-refractivity contribution in [2.75, 3.05) is 6.61 Å². The zero-order chi connectivity index (χ0) is 11.8. The molecule has 6 heteroatoms. The third-order valence-electron chi connectivity index (χ3n) is 2.85. The quantitative estimate of drug-likeness (QED) is 0.798. The molecule has 1 aromatic carbocycles. The predicted molar refractivity (Wildman–Crippen MR) is 66.4 cm³/mol. The number of ether oxygens (including phenoxy) is 1. The third-order valence-corrected chi connectivity index (χ3v) is 3.57. The summed E-state index contributed by atoms with van der Waals surface area (Å²) in [4.78, 5) is 1.62. The molecule has 0 N–H and O–H groups in total. The maximum Gasteiger partial charge on any atom is 0.169 e. The van der Waals surface area contributed by atoms with Crippen molar-refractivity contribution in [3.05, 3.63) is 22.2 Å². The highest BCUT2D eigenvalue weighted by molar-refractivity contribution is 6.42. The standard InChI is InChI=1S/C11H11Cl2N3O/c12-7-5-9-10(6-8(7)13)15-16(14-9)11-3-1-2-4-17-11/h5-6,11H,1-4H2. The molecule has 0 bridgehead atoms. The summed E-state index contributed by atoms with van der Waals surface area (Å²) in [6.45, 7) is 0.768. The molecule has 0 saturated carbocycles. The summed E-state index contributed by atoms with van der Waals surface area (Å²) in [7, 11) is 0. The van der Waals surface area contributed by atoms with Crippen LogP contribution in [-0.4, -0.2) is 21.6 Å². The normalized spacial score (nSPS) is 20.9. The van der Waals surface area contributed by atoms with Gasteiger partial charge in [0.15, 0.2) is 6.23 Å². The summed E-state index contributed by atoms with van der Waals surface area (Å²) < 4.78 is 5.63. The largest absolute Gasteiger partial charge is 0.355 e. The van der Waals surface area contributed by atoms with E-state index in [1.165, 1.54) is 0 Å². The first-order valence-electron chi connectivity index (χ1n) is 5.57. The minimum absolute atomic E-state index is 0.0614. The molecule has 0 spiro atoms. The van der Waals surface area contributed by atoms with Crippen LogP contribution in [0.1, 0.15) is 25.5 Å².